The molecule has 0 saturated heterocycles. The van der Waals surface area contributed by atoms with Crippen molar-refractivity contribution in [1.82, 2.24) is 0 Å². The summed E-state index contributed by atoms with van der Waals surface area (Å²) in [5.74, 6) is 0. The summed E-state index contributed by atoms with van der Waals surface area (Å²) in [6.07, 6.45) is 0. The van der Waals surface area contributed by atoms with Crippen molar-refractivity contribution in [3.05, 3.63) is 70.3 Å². The third kappa shape index (κ3) is 3.33. The van der Waals surface area contributed by atoms with E-state index in [0.29, 0.717) is 5.11 Å². The Hall–Kier alpha value is -1.66. The molecular weight excluding hydrogens is 391 g/mol. The number of halogens is 1. The van der Waals surface area contributed by atoms with Gasteiger partial charge in [-0.05, 0) is 58.4 Å². The average Bonchev–Trinajstić information content (AvgIpc) is 2.50. The number of rotatable bonds is 2. The molecule has 3 rings (SSSR count). The Morgan fingerprint density at radius 2 is 1.38 bits per heavy atom. The molecule has 0 aromatic heterocycles. The third-order valence-electron chi connectivity index (χ3n) is 3.16. The van der Waals surface area contributed by atoms with Crippen molar-refractivity contribution in [2.45, 2.75) is 0 Å². The summed E-state index contributed by atoms with van der Waals surface area (Å²) in [5, 5.41) is 9.46. The number of benzene rings is 3. The van der Waals surface area contributed by atoms with Crippen molar-refractivity contribution in [2.75, 3.05) is 10.6 Å². The predicted octanol–water partition coefficient (Wildman–Crippen LogP) is 5.25. The van der Waals surface area contributed by atoms with Crippen LogP contribution in [0.25, 0.3) is 10.8 Å². The number of hydrogen-bond donors (Lipinski definition) is 2. The van der Waals surface area contributed by atoms with Crippen molar-refractivity contribution >= 4 is 62.1 Å². The number of thiocarbonyl (C=S) groups is 1. The maximum atomic E-state index is 5.42. The van der Waals surface area contributed by atoms with Crippen LogP contribution >= 0.6 is 34.8 Å². The van der Waals surface area contributed by atoms with E-state index in [4.69, 9.17) is 12.2 Å². The van der Waals surface area contributed by atoms with E-state index < -0.39 is 0 Å². The molecule has 0 amide bonds. The minimum Gasteiger partial charge on any atom is -0.332 e. The largest absolute Gasteiger partial charge is 0.332 e. The van der Waals surface area contributed by atoms with Crippen LogP contribution in [0.1, 0.15) is 0 Å². The van der Waals surface area contributed by atoms with Crippen molar-refractivity contribution in [2.24, 2.45) is 0 Å². The van der Waals surface area contributed by atoms with Crippen LogP contribution in [-0.2, 0) is 0 Å². The van der Waals surface area contributed by atoms with Crippen LogP contribution in [0.4, 0.5) is 11.4 Å². The number of hydrogen-bond acceptors (Lipinski definition) is 1. The molecule has 0 aliphatic rings. The second-order valence-corrected chi connectivity index (χ2v) is 6.16. The Morgan fingerprint density at radius 3 is 2.24 bits per heavy atom. The predicted molar refractivity (Wildman–Crippen MR) is 103 cm³/mol. The molecule has 0 spiro atoms. The molecule has 0 aliphatic heterocycles. The number of fused-ring (bicyclic) bond motifs is 1. The van der Waals surface area contributed by atoms with Crippen molar-refractivity contribution in [1.29, 1.82) is 0 Å². The van der Waals surface area contributed by atoms with Gasteiger partial charge in [-0.1, -0.05) is 48.5 Å². The molecule has 3 aromatic rings. The maximum absolute atomic E-state index is 5.42. The lowest BCUT2D eigenvalue weighted by Gasteiger charge is -2.13. The highest BCUT2D eigenvalue weighted by atomic mass is 127. The van der Waals surface area contributed by atoms with Gasteiger partial charge in [-0.3, -0.25) is 0 Å². The highest BCUT2D eigenvalue weighted by molar-refractivity contribution is 14.1. The monoisotopic (exact) mass is 404 g/mol. The van der Waals surface area contributed by atoms with Crippen LogP contribution in [0.5, 0.6) is 0 Å². The van der Waals surface area contributed by atoms with Crippen LogP contribution in [0.2, 0.25) is 0 Å². The summed E-state index contributed by atoms with van der Waals surface area (Å²) >= 11 is 7.70. The lowest BCUT2D eigenvalue weighted by atomic mass is 10.1. The molecule has 0 bridgehead atoms. The Morgan fingerprint density at radius 1 is 0.762 bits per heavy atom. The van der Waals surface area contributed by atoms with E-state index >= 15 is 0 Å². The Kier molecular flexibility index (Phi) is 4.36. The van der Waals surface area contributed by atoms with E-state index in [1.54, 1.807) is 0 Å². The Bertz CT molecular complexity index is 796. The van der Waals surface area contributed by atoms with Gasteiger partial charge in [-0.2, -0.15) is 0 Å². The van der Waals surface area contributed by atoms with E-state index in [2.05, 4.69) is 51.4 Å². The van der Waals surface area contributed by atoms with Crippen molar-refractivity contribution in [3.63, 3.8) is 0 Å². The van der Waals surface area contributed by atoms with Crippen LogP contribution < -0.4 is 10.6 Å². The van der Waals surface area contributed by atoms with Gasteiger partial charge in [0, 0.05) is 14.6 Å². The quantitative estimate of drug-likeness (QED) is 0.451. The summed E-state index contributed by atoms with van der Waals surface area (Å²) in [5.41, 5.74) is 2.02. The molecule has 0 atom stereocenters. The zero-order chi connectivity index (χ0) is 14.7. The summed E-state index contributed by atoms with van der Waals surface area (Å²) in [6, 6.07) is 22.5. The summed E-state index contributed by atoms with van der Waals surface area (Å²) in [4.78, 5) is 0. The van der Waals surface area contributed by atoms with Gasteiger partial charge in [0.25, 0.3) is 0 Å². The Balaban J connectivity index is 1.82. The summed E-state index contributed by atoms with van der Waals surface area (Å²) < 4.78 is 1.14. The van der Waals surface area contributed by atoms with E-state index in [9.17, 15) is 0 Å². The van der Waals surface area contributed by atoms with E-state index in [1.165, 1.54) is 5.39 Å². The first-order chi connectivity index (χ1) is 10.2. The van der Waals surface area contributed by atoms with Crippen LogP contribution in [0.15, 0.2) is 66.7 Å². The van der Waals surface area contributed by atoms with Crippen LogP contribution in [0, 0.1) is 3.57 Å². The average molecular weight is 404 g/mol. The zero-order valence-corrected chi connectivity index (χ0v) is 14.1. The van der Waals surface area contributed by atoms with Gasteiger partial charge in [-0.25, -0.2) is 0 Å². The molecule has 0 aliphatic carbocycles. The first kappa shape index (κ1) is 14.3. The molecule has 4 heteroatoms. The zero-order valence-electron chi connectivity index (χ0n) is 11.1. The van der Waals surface area contributed by atoms with E-state index in [1.807, 2.05) is 48.5 Å². The van der Waals surface area contributed by atoms with E-state index in [0.717, 1.165) is 20.3 Å². The van der Waals surface area contributed by atoms with Gasteiger partial charge in [0.05, 0.1) is 5.69 Å². The molecule has 104 valence electrons. The molecular formula is C17H13IN2S. The fourth-order valence-electron chi connectivity index (χ4n) is 2.17. The second-order valence-electron chi connectivity index (χ2n) is 4.59. The molecule has 21 heavy (non-hydrogen) atoms. The number of nitrogens with one attached hydrogen (secondary N) is 2. The molecule has 3 aromatic carbocycles. The topological polar surface area (TPSA) is 24.1 Å². The molecule has 0 fully saturated rings. The molecule has 2 nitrogen and oxygen atoms in total. The minimum atomic E-state index is 0.593. The van der Waals surface area contributed by atoms with Crippen LogP contribution in [-0.4, -0.2) is 5.11 Å². The van der Waals surface area contributed by atoms with E-state index in [-0.39, 0.29) is 0 Å². The number of para-hydroxylation sites is 1. The van der Waals surface area contributed by atoms with Gasteiger partial charge < -0.3 is 10.6 Å². The van der Waals surface area contributed by atoms with Crippen molar-refractivity contribution in [3.8, 4) is 0 Å². The molecule has 2 N–H and O–H groups in total. The van der Waals surface area contributed by atoms with Gasteiger partial charge in [0.1, 0.15) is 0 Å². The second kappa shape index (κ2) is 6.41. The normalized spacial score (nSPS) is 10.3. The molecule has 0 saturated carbocycles. The lowest BCUT2D eigenvalue weighted by Crippen LogP contribution is -2.19. The summed E-state index contributed by atoms with van der Waals surface area (Å²) in [6.45, 7) is 0. The standard InChI is InChI=1S/C17H13IN2S/c18-14-9-3-4-10-16(14)20-17(21)19-15-11-5-7-12-6-1-2-8-13(12)15/h1-11H,(H2,19,20,21). The van der Waals surface area contributed by atoms with Gasteiger partial charge in [0.15, 0.2) is 5.11 Å². The van der Waals surface area contributed by atoms with Gasteiger partial charge in [-0.15, -0.1) is 0 Å². The Labute approximate surface area is 142 Å². The molecule has 0 heterocycles. The SMILES string of the molecule is S=C(Nc1ccccc1I)Nc1cccc2ccccc12. The maximum Gasteiger partial charge on any atom is 0.175 e. The smallest absolute Gasteiger partial charge is 0.175 e. The molecule has 0 radical (unpaired) electrons. The first-order valence-corrected chi connectivity index (χ1v) is 8.03. The fraction of sp³-hybridized carbons (Fsp3) is 0. The summed E-state index contributed by atoms with van der Waals surface area (Å²) in [7, 11) is 0. The lowest BCUT2D eigenvalue weighted by molar-refractivity contribution is 1.58. The minimum absolute atomic E-state index is 0.593. The first-order valence-electron chi connectivity index (χ1n) is 6.54. The van der Waals surface area contributed by atoms with Crippen LogP contribution in [0.3, 0.4) is 0 Å². The number of anilines is 2. The third-order valence-corrected chi connectivity index (χ3v) is 4.30. The highest BCUT2D eigenvalue weighted by Gasteiger charge is 2.04. The molecule has 0 unspecified atom stereocenters. The van der Waals surface area contributed by atoms with Gasteiger partial charge in [0.2, 0.25) is 0 Å². The highest BCUT2D eigenvalue weighted by Crippen LogP contribution is 2.23. The van der Waals surface area contributed by atoms with Gasteiger partial charge >= 0.3 is 0 Å². The van der Waals surface area contributed by atoms with Crippen molar-refractivity contribution < 1.29 is 0 Å². The fourth-order valence-corrected chi connectivity index (χ4v) is 2.92.